The van der Waals surface area contributed by atoms with Gasteiger partial charge in [0.25, 0.3) is 0 Å². The molecule has 2 heterocycles. The van der Waals surface area contributed by atoms with Crippen LogP contribution in [0.25, 0.3) is 0 Å². The zero-order valence-corrected chi connectivity index (χ0v) is 22.5. The van der Waals surface area contributed by atoms with Crippen LogP contribution in [0.4, 0.5) is 0 Å². The highest BCUT2D eigenvalue weighted by Gasteiger charge is 2.26. The molecule has 0 unspecified atom stereocenters. The molecule has 4 rings (SSSR count). The summed E-state index contributed by atoms with van der Waals surface area (Å²) < 4.78 is 39.0. The maximum absolute atomic E-state index is 13.5. The lowest BCUT2D eigenvalue weighted by Gasteiger charge is -2.21. The molecule has 2 aromatic carbocycles. The smallest absolute Gasteiger partial charge is 0.329 e. The van der Waals surface area contributed by atoms with Gasteiger partial charge in [-0.3, -0.25) is 9.59 Å². The van der Waals surface area contributed by atoms with Crippen molar-refractivity contribution in [2.45, 2.75) is 24.5 Å². The Morgan fingerprint density at radius 2 is 1.56 bits per heavy atom. The summed E-state index contributed by atoms with van der Waals surface area (Å²) in [5.74, 6) is -0.824. The first-order valence-electron chi connectivity index (χ1n) is 11.4. The van der Waals surface area contributed by atoms with Gasteiger partial charge in [-0.2, -0.15) is 9.41 Å². The Labute approximate surface area is 234 Å². The largest absolute Gasteiger partial charge is 0.467 e. The van der Waals surface area contributed by atoms with Crippen molar-refractivity contribution in [2.24, 2.45) is 5.10 Å². The minimum atomic E-state index is -3.93. The molecule has 0 aliphatic carbocycles. The van der Waals surface area contributed by atoms with E-state index in [4.69, 9.17) is 32.0 Å². The van der Waals surface area contributed by atoms with Crippen molar-refractivity contribution in [1.82, 2.24) is 15.0 Å². The van der Waals surface area contributed by atoms with Crippen LogP contribution in [0.3, 0.4) is 0 Å². The molecule has 0 atom stereocenters. The summed E-state index contributed by atoms with van der Waals surface area (Å²) in [5, 5.41) is 7.06. The van der Waals surface area contributed by atoms with E-state index in [0.717, 1.165) is 5.56 Å². The predicted molar refractivity (Wildman–Crippen MR) is 144 cm³/mol. The standard InChI is InChI=1S/C26H22Cl2N4O6S/c27-19-5-3-18(4-6-19)16-32(39(35,36)24-11-7-20(28)8-12-24)17-23-10-9-22(38-23)15-30-31-26(34)25(33)29-14-21-2-1-13-37-21/h1-13,15H,14,16-17H2,(H,29,33)(H,31,34)/b30-15+. The van der Waals surface area contributed by atoms with Gasteiger partial charge < -0.3 is 14.2 Å². The molecule has 13 heteroatoms. The van der Waals surface area contributed by atoms with E-state index in [1.54, 1.807) is 48.5 Å². The molecule has 2 amide bonds. The molecule has 0 spiro atoms. The molecule has 0 bridgehead atoms. The van der Waals surface area contributed by atoms with E-state index in [0.29, 0.717) is 21.6 Å². The van der Waals surface area contributed by atoms with Crippen molar-refractivity contribution in [1.29, 1.82) is 0 Å². The summed E-state index contributed by atoms with van der Waals surface area (Å²) in [7, 11) is -3.93. The van der Waals surface area contributed by atoms with Gasteiger partial charge >= 0.3 is 11.8 Å². The number of hydrogen-bond donors (Lipinski definition) is 2. The molecule has 0 saturated carbocycles. The molecule has 202 valence electrons. The van der Waals surface area contributed by atoms with Crippen molar-refractivity contribution in [3.05, 3.63) is 112 Å². The number of halogens is 2. The highest BCUT2D eigenvalue weighted by molar-refractivity contribution is 7.89. The Morgan fingerprint density at radius 1 is 0.872 bits per heavy atom. The first-order valence-corrected chi connectivity index (χ1v) is 13.6. The lowest BCUT2D eigenvalue weighted by molar-refractivity contribution is -0.139. The molecule has 39 heavy (non-hydrogen) atoms. The fraction of sp³-hybridized carbons (Fsp3) is 0.115. The van der Waals surface area contributed by atoms with E-state index < -0.39 is 21.8 Å². The Morgan fingerprint density at radius 3 is 2.23 bits per heavy atom. The molecule has 2 aromatic heterocycles. The van der Waals surface area contributed by atoms with Crippen LogP contribution in [0.2, 0.25) is 10.0 Å². The first kappa shape index (κ1) is 28.1. The van der Waals surface area contributed by atoms with E-state index >= 15 is 0 Å². The van der Waals surface area contributed by atoms with Gasteiger partial charge in [0.1, 0.15) is 17.3 Å². The summed E-state index contributed by atoms with van der Waals surface area (Å²) in [5.41, 5.74) is 2.82. The molecular formula is C26H22Cl2N4O6S. The average molecular weight is 589 g/mol. The number of benzene rings is 2. The van der Waals surface area contributed by atoms with Crippen LogP contribution in [-0.2, 0) is 39.2 Å². The summed E-state index contributed by atoms with van der Waals surface area (Å²) in [6.45, 7) is 0.00829. The fourth-order valence-corrected chi connectivity index (χ4v) is 5.01. The molecule has 0 aliphatic heterocycles. The molecule has 4 aromatic rings. The third-order valence-corrected chi connectivity index (χ3v) is 7.62. The average Bonchev–Trinajstić information content (AvgIpc) is 3.60. The highest BCUT2D eigenvalue weighted by atomic mass is 35.5. The van der Waals surface area contributed by atoms with Crippen LogP contribution < -0.4 is 10.7 Å². The predicted octanol–water partition coefficient (Wildman–Crippen LogP) is 4.34. The van der Waals surface area contributed by atoms with Crippen molar-refractivity contribution >= 4 is 51.3 Å². The van der Waals surface area contributed by atoms with Crippen molar-refractivity contribution in [3.63, 3.8) is 0 Å². The molecule has 0 radical (unpaired) electrons. The number of carbonyl (C=O) groups excluding carboxylic acids is 2. The topological polar surface area (TPSA) is 134 Å². The summed E-state index contributed by atoms with van der Waals surface area (Å²) >= 11 is 11.9. The third-order valence-electron chi connectivity index (χ3n) is 5.31. The fourth-order valence-electron chi connectivity index (χ4n) is 3.36. The number of furan rings is 2. The van der Waals surface area contributed by atoms with Crippen molar-refractivity contribution in [3.8, 4) is 0 Å². The molecular weight excluding hydrogens is 567 g/mol. The monoisotopic (exact) mass is 588 g/mol. The second-order valence-electron chi connectivity index (χ2n) is 8.12. The number of nitrogens with one attached hydrogen (secondary N) is 2. The summed E-state index contributed by atoms with van der Waals surface area (Å²) in [6, 6.07) is 19.2. The normalized spacial score (nSPS) is 11.7. The summed E-state index contributed by atoms with van der Waals surface area (Å²) in [6.07, 6.45) is 2.64. The zero-order chi connectivity index (χ0) is 27.8. The van der Waals surface area contributed by atoms with Crippen molar-refractivity contribution < 1.29 is 26.8 Å². The number of nitrogens with zero attached hydrogens (tertiary/aromatic N) is 2. The number of carbonyl (C=O) groups is 2. The molecule has 0 aliphatic rings. The maximum Gasteiger partial charge on any atom is 0.329 e. The minimum Gasteiger partial charge on any atom is -0.467 e. The summed E-state index contributed by atoms with van der Waals surface area (Å²) in [4.78, 5) is 23.9. The molecule has 0 fully saturated rings. The van der Waals surface area contributed by atoms with Gasteiger partial charge in [-0.15, -0.1) is 0 Å². The van der Waals surface area contributed by atoms with Gasteiger partial charge in [0.2, 0.25) is 10.0 Å². The number of amides is 2. The van der Waals surface area contributed by atoms with Crippen LogP contribution >= 0.6 is 23.2 Å². The van der Waals surface area contributed by atoms with Crippen LogP contribution in [0.1, 0.15) is 22.8 Å². The molecule has 2 N–H and O–H groups in total. The minimum absolute atomic E-state index is 0.0510. The van der Waals surface area contributed by atoms with Crippen molar-refractivity contribution in [2.75, 3.05) is 0 Å². The molecule has 0 saturated heterocycles. The van der Waals surface area contributed by atoms with E-state index in [-0.39, 0.29) is 30.3 Å². The Balaban J connectivity index is 1.42. The zero-order valence-electron chi connectivity index (χ0n) is 20.2. The van der Waals surface area contributed by atoms with Gasteiger partial charge in [-0.05, 0) is 66.2 Å². The Kier molecular flexibility index (Phi) is 9.20. The van der Waals surface area contributed by atoms with E-state index in [9.17, 15) is 18.0 Å². The highest BCUT2D eigenvalue weighted by Crippen LogP contribution is 2.24. The van der Waals surface area contributed by atoms with Crippen LogP contribution in [-0.4, -0.2) is 30.8 Å². The SMILES string of the molecule is O=C(NCc1ccco1)C(=O)N/N=C/c1ccc(CN(Cc2ccc(Cl)cc2)S(=O)(=O)c2ccc(Cl)cc2)o1. The number of sulfonamides is 1. The van der Waals surface area contributed by atoms with Gasteiger partial charge in [-0.1, -0.05) is 35.3 Å². The van der Waals surface area contributed by atoms with E-state index in [2.05, 4.69) is 15.8 Å². The van der Waals surface area contributed by atoms with Gasteiger partial charge in [0.05, 0.1) is 30.5 Å². The van der Waals surface area contributed by atoms with E-state index in [1.807, 2.05) is 0 Å². The number of hydrazone groups is 1. The number of hydrogen-bond acceptors (Lipinski definition) is 7. The quantitative estimate of drug-likeness (QED) is 0.161. The lowest BCUT2D eigenvalue weighted by atomic mass is 10.2. The van der Waals surface area contributed by atoms with Crippen LogP contribution in [0.15, 0.2) is 97.9 Å². The maximum atomic E-state index is 13.5. The Hall–Kier alpha value is -3.90. The van der Waals surface area contributed by atoms with Gasteiger partial charge in [0, 0.05) is 16.6 Å². The Bertz CT molecular complexity index is 1550. The molecule has 10 nitrogen and oxygen atoms in total. The van der Waals surface area contributed by atoms with Crippen LogP contribution in [0, 0.1) is 0 Å². The number of rotatable bonds is 10. The lowest BCUT2D eigenvalue weighted by Crippen LogP contribution is -2.37. The second kappa shape index (κ2) is 12.8. The van der Waals surface area contributed by atoms with E-state index in [1.165, 1.54) is 41.0 Å². The van der Waals surface area contributed by atoms with Crippen LogP contribution in [0.5, 0.6) is 0 Å². The first-order chi connectivity index (χ1) is 18.7. The van der Waals surface area contributed by atoms with Gasteiger partial charge in [0.15, 0.2) is 0 Å². The third kappa shape index (κ3) is 7.80. The second-order valence-corrected chi connectivity index (χ2v) is 10.9. The van der Waals surface area contributed by atoms with Gasteiger partial charge in [-0.25, -0.2) is 13.8 Å².